The van der Waals surface area contributed by atoms with Gasteiger partial charge in [-0.05, 0) is 33.0 Å². The first-order chi connectivity index (χ1) is 5.13. The van der Waals surface area contributed by atoms with E-state index < -0.39 is 4.96 Å². The van der Waals surface area contributed by atoms with Crippen molar-refractivity contribution >= 4 is 39.3 Å². The Kier molecular flexibility index (Phi) is 8.15. The number of halogens is 3. The van der Waals surface area contributed by atoms with Gasteiger partial charge in [-0.1, -0.05) is 6.42 Å². The maximum atomic E-state index is 4.81. The fraction of sp³-hybridized carbons (Fsp3) is 1.00. The Balaban J connectivity index is 0.000000218. The van der Waals surface area contributed by atoms with Crippen LogP contribution < -0.4 is 0 Å². The second-order valence-electron chi connectivity index (χ2n) is 2.61. The summed E-state index contributed by atoms with van der Waals surface area (Å²) < 4.78 is 0. The average molecular weight is 216 g/mol. The number of likely N-dealkylation sites (tertiary alicyclic amines) is 1. The Morgan fingerprint density at radius 1 is 1.00 bits per heavy atom. The lowest BCUT2D eigenvalue weighted by Gasteiger charge is -2.20. The van der Waals surface area contributed by atoms with Crippen LogP contribution in [0.1, 0.15) is 19.3 Å². The van der Waals surface area contributed by atoms with Crippen molar-refractivity contribution in [3.8, 4) is 0 Å². The van der Waals surface area contributed by atoms with Crippen LogP contribution in [0.4, 0.5) is 0 Å². The highest BCUT2D eigenvalue weighted by Gasteiger charge is 2.02. The first kappa shape index (κ1) is 11.9. The van der Waals surface area contributed by atoms with Gasteiger partial charge in [0.15, 0.2) is 0 Å². The minimum Gasteiger partial charge on any atom is -0.306 e. The lowest BCUT2D eigenvalue weighted by atomic mass is 10.1. The van der Waals surface area contributed by atoms with E-state index in [1.54, 1.807) is 0 Å². The van der Waals surface area contributed by atoms with Crippen molar-refractivity contribution < 1.29 is 0 Å². The Morgan fingerprint density at radius 2 is 1.36 bits per heavy atom. The highest BCUT2D eigenvalue weighted by Crippen LogP contribution is 2.04. The van der Waals surface area contributed by atoms with Gasteiger partial charge in [0.2, 0.25) is 0 Å². The minimum absolute atomic E-state index is 0.750. The van der Waals surface area contributed by atoms with Crippen molar-refractivity contribution in [3.05, 3.63) is 0 Å². The summed E-state index contributed by atoms with van der Waals surface area (Å²) >= 11 is 14.4. The molecule has 0 aromatic carbocycles. The molecule has 0 radical (unpaired) electrons. The molecule has 0 N–H and O–H groups in total. The van der Waals surface area contributed by atoms with E-state index >= 15 is 0 Å². The van der Waals surface area contributed by atoms with Crippen LogP contribution in [-0.2, 0) is 0 Å². The lowest BCUT2D eigenvalue weighted by molar-refractivity contribution is 0.277. The van der Waals surface area contributed by atoms with Crippen LogP contribution in [0.25, 0.3) is 0 Å². The fourth-order valence-electron chi connectivity index (χ4n) is 1.05. The average Bonchev–Trinajstić information content (AvgIpc) is 1.87. The quantitative estimate of drug-likeness (QED) is 0.563. The summed E-state index contributed by atoms with van der Waals surface area (Å²) in [5.74, 6) is 0. The predicted molar refractivity (Wildman–Crippen MR) is 54.7 cm³/mol. The molecule has 66 valence electrons. The molecule has 0 aromatic heterocycles. The van der Waals surface area contributed by atoms with Crippen molar-refractivity contribution in [1.82, 2.24) is 4.90 Å². The van der Waals surface area contributed by atoms with Gasteiger partial charge in [0.05, 0.1) is 0 Å². The number of hydrogen-bond donors (Lipinski definition) is 0. The second-order valence-corrected chi connectivity index (χ2v) is 4.59. The van der Waals surface area contributed by atoms with E-state index in [9.17, 15) is 0 Å². The van der Waals surface area contributed by atoms with Gasteiger partial charge < -0.3 is 4.90 Å². The molecule has 1 saturated heterocycles. The smallest absolute Gasteiger partial charge is 0.306 e. The first-order valence-electron chi connectivity index (χ1n) is 3.73. The van der Waals surface area contributed by atoms with E-state index in [1.165, 1.54) is 32.4 Å². The summed E-state index contributed by atoms with van der Waals surface area (Å²) in [4.78, 5) is 1.64. The molecule has 1 rings (SSSR count). The fourth-order valence-corrected chi connectivity index (χ4v) is 1.05. The van der Waals surface area contributed by atoms with Crippen molar-refractivity contribution in [1.29, 1.82) is 0 Å². The standard InChI is InChI=1S/C6H13N.BCl3/c1-7-5-3-2-4-6-7;2-1(3)4/h2-6H2,1H3;. The van der Waals surface area contributed by atoms with Gasteiger partial charge in [0.1, 0.15) is 0 Å². The van der Waals surface area contributed by atoms with E-state index in [-0.39, 0.29) is 0 Å². The van der Waals surface area contributed by atoms with Crippen LogP contribution in [0, 0.1) is 0 Å². The SMILES string of the molecule is CN1CCCCC1.ClB(Cl)Cl. The molecule has 1 nitrogen and oxygen atoms in total. The normalized spacial score (nSPS) is 18.5. The number of hydrogen-bond acceptors (Lipinski definition) is 1. The molecule has 11 heavy (non-hydrogen) atoms. The molecule has 1 aliphatic heterocycles. The summed E-state index contributed by atoms with van der Waals surface area (Å²) in [5, 5.41) is 0. The van der Waals surface area contributed by atoms with E-state index in [0.29, 0.717) is 0 Å². The molecule has 0 bridgehead atoms. The zero-order valence-corrected chi connectivity index (χ0v) is 8.96. The monoisotopic (exact) mass is 215 g/mol. The van der Waals surface area contributed by atoms with Gasteiger partial charge in [-0.2, -0.15) is 34.4 Å². The van der Waals surface area contributed by atoms with Crippen molar-refractivity contribution in [3.63, 3.8) is 0 Å². The van der Waals surface area contributed by atoms with Crippen LogP contribution in [-0.4, -0.2) is 30.0 Å². The third-order valence-corrected chi connectivity index (χ3v) is 1.58. The number of piperidine rings is 1. The van der Waals surface area contributed by atoms with Crippen molar-refractivity contribution in [2.75, 3.05) is 20.1 Å². The molecule has 0 saturated carbocycles. The Labute approximate surface area is 83.8 Å². The summed E-state index contributed by atoms with van der Waals surface area (Å²) in [6.45, 7) is 2.64. The van der Waals surface area contributed by atoms with Gasteiger partial charge in [0.25, 0.3) is 0 Å². The highest BCUT2D eigenvalue weighted by atomic mass is 35.6. The maximum Gasteiger partial charge on any atom is 0.450 e. The second kappa shape index (κ2) is 7.54. The van der Waals surface area contributed by atoms with Gasteiger partial charge in [-0.3, -0.25) is 0 Å². The molecular weight excluding hydrogens is 203 g/mol. The molecule has 1 aliphatic rings. The van der Waals surface area contributed by atoms with Crippen LogP contribution in [0.5, 0.6) is 0 Å². The molecule has 0 spiro atoms. The summed E-state index contributed by atoms with van der Waals surface area (Å²) in [5.41, 5.74) is 0. The largest absolute Gasteiger partial charge is 0.450 e. The third-order valence-electron chi connectivity index (χ3n) is 1.58. The first-order valence-corrected chi connectivity index (χ1v) is 5.04. The summed E-state index contributed by atoms with van der Waals surface area (Å²) in [6, 6.07) is 0. The molecule has 0 aromatic rings. The minimum atomic E-state index is -0.750. The van der Waals surface area contributed by atoms with Crippen LogP contribution in [0.3, 0.4) is 0 Å². The predicted octanol–water partition coefficient (Wildman–Crippen LogP) is 2.79. The zero-order chi connectivity index (χ0) is 8.69. The summed E-state index contributed by atoms with van der Waals surface area (Å²) in [7, 11) is 2.19. The Morgan fingerprint density at radius 3 is 1.55 bits per heavy atom. The third kappa shape index (κ3) is 10.9. The zero-order valence-electron chi connectivity index (χ0n) is 6.69. The van der Waals surface area contributed by atoms with Crippen molar-refractivity contribution in [2.45, 2.75) is 19.3 Å². The van der Waals surface area contributed by atoms with Gasteiger partial charge in [-0.25, -0.2) is 0 Å². The molecule has 1 heterocycles. The molecule has 0 aliphatic carbocycles. The summed E-state index contributed by atoms with van der Waals surface area (Å²) in [6.07, 6.45) is 4.28. The number of rotatable bonds is 0. The van der Waals surface area contributed by atoms with Gasteiger partial charge in [-0.15, -0.1) is 0 Å². The van der Waals surface area contributed by atoms with Gasteiger partial charge >= 0.3 is 4.96 Å². The van der Waals surface area contributed by atoms with Crippen LogP contribution in [0.15, 0.2) is 0 Å². The van der Waals surface area contributed by atoms with Gasteiger partial charge in [0, 0.05) is 0 Å². The Bertz CT molecular complexity index is 83.1. The highest BCUT2D eigenvalue weighted by molar-refractivity contribution is 7.54. The van der Waals surface area contributed by atoms with Crippen LogP contribution in [0.2, 0.25) is 0 Å². The molecule has 5 heteroatoms. The lowest BCUT2D eigenvalue weighted by Crippen LogP contribution is -2.24. The molecule has 0 unspecified atom stereocenters. The molecular formula is C6H13BCl3N. The van der Waals surface area contributed by atoms with E-state index in [1.807, 2.05) is 0 Å². The molecule has 0 amide bonds. The maximum absolute atomic E-state index is 4.81. The number of nitrogens with zero attached hydrogens (tertiary/aromatic N) is 1. The molecule has 0 atom stereocenters. The van der Waals surface area contributed by atoms with Crippen molar-refractivity contribution in [2.24, 2.45) is 0 Å². The van der Waals surface area contributed by atoms with E-state index in [4.69, 9.17) is 34.4 Å². The topological polar surface area (TPSA) is 3.24 Å². The van der Waals surface area contributed by atoms with E-state index in [2.05, 4.69) is 11.9 Å². The Hall–Kier alpha value is 0.895. The van der Waals surface area contributed by atoms with E-state index in [0.717, 1.165) is 0 Å². The molecule has 1 fully saturated rings. The van der Waals surface area contributed by atoms with Crippen LogP contribution >= 0.6 is 34.4 Å².